The van der Waals surface area contributed by atoms with Crippen molar-refractivity contribution >= 4 is 17.4 Å². The number of aromatic nitrogens is 2. The Kier molecular flexibility index (Phi) is 7.34. The van der Waals surface area contributed by atoms with E-state index in [-0.39, 0.29) is 11.7 Å². The fourth-order valence-corrected chi connectivity index (χ4v) is 5.06. The number of piperazine rings is 1. The lowest BCUT2D eigenvalue weighted by Crippen LogP contribution is -2.49. The zero-order chi connectivity index (χ0) is 24.2. The molecule has 0 saturated carbocycles. The second kappa shape index (κ2) is 10.4. The summed E-state index contributed by atoms with van der Waals surface area (Å²) in [6.45, 7) is 11.5. The van der Waals surface area contributed by atoms with Crippen molar-refractivity contribution < 1.29 is 13.9 Å². The molecule has 0 bridgehead atoms. The summed E-state index contributed by atoms with van der Waals surface area (Å²) in [6.07, 6.45) is 3.83. The van der Waals surface area contributed by atoms with Crippen LogP contribution in [0.25, 0.3) is 0 Å². The highest BCUT2D eigenvalue weighted by molar-refractivity contribution is 5.87. The van der Waals surface area contributed by atoms with Gasteiger partial charge in [0.2, 0.25) is 5.91 Å². The summed E-state index contributed by atoms with van der Waals surface area (Å²) >= 11 is 0. The molecule has 2 aliphatic rings. The summed E-state index contributed by atoms with van der Waals surface area (Å²) in [5, 5.41) is 0. The summed E-state index contributed by atoms with van der Waals surface area (Å²) in [5.41, 5.74) is 3.82. The number of hydrogen-bond acceptors (Lipinski definition) is 6. The van der Waals surface area contributed by atoms with Gasteiger partial charge in [-0.1, -0.05) is 12.6 Å². The second-order valence-corrected chi connectivity index (χ2v) is 9.07. The number of fused-ring (bicyclic) bond motifs is 1. The molecule has 0 spiro atoms. The van der Waals surface area contributed by atoms with Crippen LogP contribution in [0.4, 0.5) is 15.9 Å². The van der Waals surface area contributed by atoms with Gasteiger partial charge in [-0.25, -0.2) is 9.37 Å². The Labute approximate surface area is 201 Å². The average molecular weight is 468 g/mol. The summed E-state index contributed by atoms with van der Waals surface area (Å²) in [6, 6.07) is 5.71. The third kappa shape index (κ3) is 5.00. The number of carbonyl (C=O) groups excluding carboxylic acids is 1. The third-order valence-corrected chi connectivity index (χ3v) is 6.84. The van der Waals surface area contributed by atoms with E-state index in [9.17, 15) is 9.18 Å². The van der Waals surface area contributed by atoms with E-state index in [1.165, 1.54) is 6.08 Å². The zero-order valence-corrected chi connectivity index (χ0v) is 20.4. The van der Waals surface area contributed by atoms with Crippen LogP contribution in [0.3, 0.4) is 0 Å². The van der Waals surface area contributed by atoms with Crippen LogP contribution in [0.1, 0.15) is 30.2 Å². The first-order valence-corrected chi connectivity index (χ1v) is 12.1. The Bertz CT molecular complexity index is 1050. The quantitative estimate of drug-likeness (QED) is 0.582. The molecule has 4 rings (SSSR count). The predicted octanol–water partition coefficient (Wildman–Crippen LogP) is 3.40. The van der Waals surface area contributed by atoms with Crippen LogP contribution in [0.2, 0.25) is 0 Å². The van der Waals surface area contributed by atoms with E-state index >= 15 is 0 Å². The van der Waals surface area contributed by atoms with Gasteiger partial charge < -0.3 is 19.4 Å². The van der Waals surface area contributed by atoms with Gasteiger partial charge in [0.05, 0.1) is 6.61 Å². The van der Waals surface area contributed by atoms with Crippen molar-refractivity contribution in [2.24, 2.45) is 5.92 Å². The summed E-state index contributed by atoms with van der Waals surface area (Å²) in [7, 11) is 2.03. The molecule has 1 aromatic carbocycles. The van der Waals surface area contributed by atoms with E-state index in [4.69, 9.17) is 9.72 Å². The van der Waals surface area contributed by atoms with Crippen molar-refractivity contribution in [3.8, 4) is 6.01 Å². The molecule has 1 fully saturated rings. The fourth-order valence-electron chi connectivity index (χ4n) is 5.06. The molecule has 7 nitrogen and oxygen atoms in total. The molecule has 1 atom stereocenters. The molecule has 3 heterocycles. The Morgan fingerprint density at radius 2 is 2.03 bits per heavy atom. The van der Waals surface area contributed by atoms with Crippen molar-refractivity contribution in [2.45, 2.75) is 33.1 Å². The van der Waals surface area contributed by atoms with E-state index in [0.717, 1.165) is 54.1 Å². The molecule has 2 aliphatic heterocycles. The van der Waals surface area contributed by atoms with Gasteiger partial charge in [0.25, 0.3) is 0 Å². The topological polar surface area (TPSA) is 61.8 Å². The number of aryl methyl sites for hydroxylation is 1. The number of nitrogens with zero attached hydrogens (tertiary/aromatic N) is 5. The molecular weight excluding hydrogens is 433 g/mol. The molecule has 0 aliphatic carbocycles. The Hall–Kier alpha value is -3.16. The highest BCUT2D eigenvalue weighted by Gasteiger charge is 2.27. The Balaban J connectivity index is 1.53. The Morgan fingerprint density at radius 3 is 2.74 bits per heavy atom. The lowest BCUT2D eigenvalue weighted by molar-refractivity contribution is -0.126. The molecule has 34 heavy (non-hydrogen) atoms. The maximum atomic E-state index is 14.5. The standard InChI is InChI=1S/C26H34FN5O2/c1-5-24(33)31-12-14-32(15-13-31)25-20(18(3)28-26(29-25)34-6-2)11-10-19-16-21-22(27)8-7-9-23(21)30(4)17-19/h5,7-9,19H,1,6,10-17H2,2-4H3/t19-/m1/s1. The number of benzene rings is 1. The smallest absolute Gasteiger partial charge is 0.318 e. The lowest BCUT2D eigenvalue weighted by Gasteiger charge is -2.36. The maximum absolute atomic E-state index is 14.5. The second-order valence-electron chi connectivity index (χ2n) is 9.07. The summed E-state index contributed by atoms with van der Waals surface area (Å²) in [4.78, 5) is 27.6. The number of rotatable bonds is 7. The predicted molar refractivity (Wildman–Crippen MR) is 132 cm³/mol. The van der Waals surface area contributed by atoms with E-state index < -0.39 is 0 Å². The number of carbonyl (C=O) groups is 1. The van der Waals surface area contributed by atoms with Gasteiger partial charge in [0.15, 0.2) is 0 Å². The van der Waals surface area contributed by atoms with Gasteiger partial charge >= 0.3 is 6.01 Å². The first-order chi connectivity index (χ1) is 16.4. The van der Waals surface area contributed by atoms with E-state index in [0.29, 0.717) is 44.7 Å². The fraction of sp³-hybridized carbons (Fsp3) is 0.500. The highest BCUT2D eigenvalue weighted by atomic mass is 19.1. The summed E-state index contributed by atoms with van der Waals surface area (Å²) in [5.74, 6) is 1.07. The minimum Gasteiger partial charge on any atom is -0.464 e. The highest BCUT2D eigenvalue weighted by Crippen LogP contribution is 2.34. The molecule has 182 valence electrons. The van der Waals surface area contributed by atoms with E-state index in [1.807, 2.05) is 31.9 Å². The van der Waals surface area contributed by atoms with Crippen LogP contribution >= 0.6 is 0 Å². The molecule has 0 radical (unpaired) electrons. The van der Waals surface area contributed by atoms with Crippen molar-refractivity contribution in [3.63, 3.8) is 0 Å². The van der Waals surface area contributed by atoms with Crippen molar-refractivity contribution in [1.82, 2.24) is 14.9 Å². The van der Waals surface area contributed by atoms with Gasteiger partial charge in [-0.05, 0) is 57.2 Å². The maximum Gasteiger partial charge on any atom is 0.318 e. The van der Waals surface area contributed by atoms with Gasteiger partial charge in [-0.3, -0.25) is 4.79 Å². The monoisotopic (exact) mass is 467 g/mol. The lowest BCUT2D eigenvalue weighted by atomic mass is 9.88. The largest absolute Gasteiger partial charge is 0.464 e. The van der Waals surface area contributed by atoms with Gasteiger partial charge in [0, 0.05) is 62.3 Å². The first kappa shape index (κ1) is 24.0. The minimum atomic E-state index is -0.123. The number of hydrogen-bond donors (Lipinski definition) is 0. The van der Waals surface area contributed by atoms with Gasteiger partial charge in [0.1, 0.15) is 11.6 Å². The molecular formula is C26H34FN5O2. The number of halogens is 1. The molecule has 1 aromatic heterocycles. The van der Waals surface area contributed by atoms with Crippen LogP contribution in [0.15, 0.2) is 30.9 Å². The van der Waals surface area contributed by atoms with Crippen LogP contribution in [-0.4, -0.2) is 67.2 Å². The number of ether oxygens (including phenoxy) is 1. The zero-order valence-electron chi connectivity index (χ0n) is 20.4. The van der Waals surface area contributed by atoms with Crippen LogP contribution in [0, 0.1) is 18.7 Å². The third-order valence-electron chi connectivity index (χ3n) is 6.84. The summed E-state index contributed by atoms with van der Waals surface area (Å²) < 4.78 is 20.1. The van der Waals surface area contributed by atoms with E-state index in [1.54, 1.807) is 12.1 Å². The molecule has 8 heteroatoms. The minimum absolute atomic E-state index is 0.0392. The molecule has 2 aromatic rings. The average Bonchev–Trinajstić information content (AvgIpc) is 2.83. The molecule has 0 unspecified atom stereocenters. The SMILES string of the molecule is C=CC(=O)N1CCN(c2nc(OCC)nc(C)c2CC[C@@H]2Cc3c(F)cccc3N(C)C2)CC1. The normalized spacial score (nSPS) is 18.0. The van der Waals surface area contributed by atoms with Gasteiger partial charge in [-0.15, -0.1) is 0 Å². The van der Waals surface area contributed by atoms with Crippen LogP contribution < -0.4 is 14.5 Å². The van der Waals surface area contributed by atoms with Crippen molar-refractivity contribution in [1.29, 1.82) is 0 Å². The van der Waals surface area contributed by atoms with Crippen molar-refractivity contribution in [3.05, 3.63) is 53.5 Å². The molecule has 1 amide bonds. The van der Waals surface area contributed by atoms with Crippen molar-refractivity contribution in [2.75, 3.05) is 56.2 Å². The van der Waals surface area contributed by atoms with Crippen LogP contribution in [-0.2, 0) is 17.6 Å². The van der Waals surface area contributed by atoms with Gasteiger partial charge in [-0.2, -0.15) is 4.98 Å². The molecule has 0 N–H and O–H groups in total. The molecule has 1 saturated heterocycles. The van der Waals surface area contributed by atoms with E-state index in [2.05, 4.69) is 21.4 Å². The number of amides is 1. The first-order valence-electron chi connectivity index (χ1n) is 12.1. The van der Waals surface area contributed by atoms with Crippen LogP contribution in [0.5, 0.6) is 6.01 Å². The number of anilines is 2. The Morgan fingerprint density at radius 1 is 1.26 bits per heavy atom.